The van der Waals surface area contributed by atoms with Crippen molar-refractivity contribution in [3.05, 3.63) is 28.2 Å². The average Bonchev–Trinajstić information content (AvgIpc) is 2.20. The van der Waals surface area contributed by atoms with E-state index >= 15 is 0 Å². The van der Waals surface area contributed by atoms with Crippen molar-refractivity contribution in [1.29, 1.82) is 0 Å². The Balaban J connectivity index is 2.77. The summed E-state index contributed by atoms with van der Waals surface area (Å²) in [6.07, 6.45) is -0.474. The summed E-state index contributed by atoms with van der Waals surface area (Å²) in [7, 11) is 1.63. The SMILES string of the molecule is COCc1ccc(Br)c(NC(=O)OC(C)(C)C)c1. The van der Waals surface area contributed by atoms with Crippen molar-refractivity contribution < 1.29 is 14.3 Å². The summed E-state index contributed by atoms with van der Waals surface area (Å²) < 4.78 is 11.0. The largest absolute Gasteiger partial charge is 0.444 e. The van der Waals surface area contributed by atoms with Crippen molar-refractivity contribution >= 4 is 27.7 Å². The number of rotatable bonds is 3. The zero-order valence-electron chi connectivity index (χ0n) is 11.0. The molecule has 1 aromatic rings. The van der Waals surface area contributed by atoms with Gasteiger partial charge in [0.2, 0.25) is 0 Å². The molecule has 1 N–H and O–H groups in total. The van der Waals surface area contributed by atoms with Gasteiger partial charge in [0.05, 0.1) is 12.3 Å². The predicted octanol–water partition coefficient (Wildman–Crippen LogP) is 3.94. The number of hydrogen-bond acceptors (Lipinski definition) is 3. The van der Waals surface area contributed by atoms with Crippen LogP contribution >= 0.6 is 15.9 Å². The Hall–Kier alpha value is -1.07. The summed E-state index contributed by atoms with van der Waals surface area (Å²) in [4.78, 5) is 11.7. The van der Waals surface area contributed by atoms with Crippen molar-refractivity contribution in [2.75, 3.05) is 12.4 Å². The Morgan fingerprint density at radius 1 is 1.39 bits per heavy atom. The van der Waals surface area contributed by atoms with Crippen LogP contribution in [-0.4, -0.2) is 18.8 Å². The molecule has 0 radical (unpaired) electrons. The van der Waals surface area contributed by atoms with Crippen molar-refractivity contribution in [3.8, 4) is 0 Å². The van der Waals surface area contributed by atoms with E-state index in [2.05, 4.69) is 21.2 Å². The minimum Gasteiger partial charge on any atom is -0.444 e. The highest BCUT2D eigenvalue weighted by atomic mass is 79.9. The Labute approximate surface area is 116 Å². The van der Waals surface area contributed by atoms with E-state index in [4.69, 9.17) is 9.47 Å². The Kier molecular flexibility index (Phi) is 5.16. The fourth-order valence-electron chi connectivity index (χ4n) is 1.34. The molecular weight excluding hydrogens is 298 g/mol. The van der Waals surface area contributed by atoms with Gasteiger partial charge in [-0.25, -0.2) is 4.79 Å². The van der Waals surface area contributed by atoms with E-state index in [0.717, 1.165) is 10.0 Å². The number of halogens is 1. The van der Waals surface area contributed by atoms with E-state index in [0.29, 0.717) is 12.3 Å². The van der Waals surface area contributed by atoms with Crippen LogP contribution in [0, 0.1) is 0 Å². The van der Waals surface area contributed by atoms with Gasteiger partial charge in [0, 0.05) is 11.6 Å². The van der Waals surface area contributed by atoms with Gasteiger partial charge in [-0.3, -0.25) is 5.32 Å². The molecule has 0 aliphatic carbocycles. The van der Waals surface area contributed by atoms with Crippen molar-refractivity contribution in [2.45, 2.75) is 33.0 Å². The number of benzene rings is 1. The van der Waals surface area contributed by atoms with E-state index in [9.17, 15) is 4.79 Å². The number of anilines is 1. The summed E-state index contributed by atoms with van der Waals surface area (Å²) in [5.41, 5.74) is 1.13. The smallest absolute Gasteiger partial charge is 0.412 e. The van der Waals surface area contributed by atoms with Crippen LogP contribution in [0.5, 0.6) is 0 Å². The topological polar surface area (TPSA) is 47.6 Å². The molecule has 0 aliphatic rings. The minimum atomic E-state index is -0.513. The first-order valence-electron chi connectivity index (χ1n) is 5.59. The van der Waals surface area contributed by atoms with Gasteiger partial charge in [0.25, 0.3) is 0 Å². The molecule has 0 atom stereocenters. The van der Waals surface area contributed by atoms with Crippen LogP contribution in [0.4, 0.5) is 10.5 Å². The summed E-state index contributed by atoms with van der Waals surface area (Å²) in [6, 6.07) is 5.63. The number of carbonyl (C=O) groups excluding carboxylic acids is 1. The summed E-state index contributed by atoms with van der Waals surface area (Å²) in [6.45, 7) is 5.96. The molecule has 0 fully saturated rings. The second kappa shape index (κ2) is 6.20. The van der Waals surface area contributed by atoms with E-state index in [1.54, 1.807) is 7.11 Å². The summed E-state index contributed by atoms with van der Waals surface area (Å²) in [5, 5.41) is 2.70. The van der Waals surface area contributed by atoms with Gasteiger partial charge in [-0.2, -0.15) is 0 Å². The lowest BCUT2D eigenvalue weighted by Gasteiger charge is -2.20. The molecule has 0 heterocycles. The zero-order valence-corrected chi connectivity index (χ0v) is 12.6. The normalized spacial score (nSPS) is 11.2. The van der Waals surface area contributed by atoms with Gasteiger partial charge in [-0.05, 0) is 54.4 Å². The molecule has 1 aromatic carbocycles. The summed E-state index contributed by atoms with van der Waals surface area (Å²) in [5.74, 6) is 0. The molecule has 1 rings (SSSR count). The third-order valence-corrected chi connectivity index (χ3v) is 2.67. The van der Waals surface area contributed by atoms with Crippen LogP contribution in [0.2, 0.25) is 0 Å². The molecule has 1 amide bonds. The molecular formula is C13H18BrNO3. The highest BCUT2D eigenvalue weighted by molar-refractivity contribution is 9.10. The van der Waals surface area contributed by atoms with Gasteiger partial charge in [-0.15, -0.1) is 0 Å². The van der Waals surface area contributed by atoms with Crippen molar-refractivity contribution in [3.63, 3.8) is 0 Å². The van der Waals surface area contributed by atoms with E-state index in [1.165, 1.54) is 0 Å². The maximum Gasteiger partial charge on any atom is 0.412 e. The van der Waals surface area contributed by atoms with Crippen molar-refractivity contribution in [2.24, 2.45) is 0 Å². The Bertz CT molecular complexity index is 427. The second-order valence-electron chi connectivity index (χ2n) is 4.87. The first-order valence-corrected chi connectivity index (χ1v) is 6.38. The predicted molar refractivity (Wildman–Crippen MR) is 74.7 cm³/mol. The monoisotopic (exact) mass is 315 g/mol. The molecule has 0 aliphatic heterocycles. The lowest BCUT2D eigenvalue weighted by atomic mass is 10.2. The third kappa shape index (κ3) is 5.06. The van der Waals surface area contributed by atoms with E-state index in [-0.39, 0.29) is 0 Å². The zero-order chi connectivity index (χ0) is 13.8. The lowest BCUT2D eigenvalue weighted by Crippen LogP contribution is -2.27. The number of carbonyl (C=O) groups is 1. The molecule has 0 saturated carbocycles. The minimum absolute atomic E-state index is 0.474. The van der Waals surface area contributed by atoms with Crippen LogP contribution in [0.1, 0.15) is 26.3 Å². The van der Waals surface area contributed by atoms with Gasteiger partial charge in [0.1, 0.15) is 5.60 Å². The highest BCUT2D eigenvalue weighted by Gasteiger charge is 2.17. The van der Waals surface area contributed by atoms with Crippen LogP contribution in [0.15, 0.2) is 22.7 Å². The standard InChI is InChI=1S/C13H18BrNO3/c1-13(2,3)18-12(16)15-11-7-9(8-17-4)5-6-10(11)14/h5-7H,8H2,1-4H3,(H,15,16). The number of hydrogen-bond donors (Lipinski definition) is 1. The highest BCUT2D eigenvalue weighted by Crippen LogP contribution is 2.24. The number of nitrogens with one attached hydrogen (secondary N) is 1. The van der Waals surface area contributed by atoms with Gasteiger partial charge < -0.3 is 9.47 Å². The van der Waals surface area contributed by atoms with Crippen LogP contribution < -0.4 is 5.32 Å². The van der Waals surface area contributed by atoms with Crippen LogP contribution in [0.25, 0.3) is 0 Å². The first-order chi connectivity index (χ1) is 8.31. The average molecular weight is 316 g/mol. The molecule has 0 spiro atoms. The Morgan fingerprint density at radius 2 is 2.06 bits per heavy atom. The van der Waals surface area contributed by atoms with E-state index < -0.39 is 11.7 Å². The van der Waals surface area contributed by atoms with Gasteiger partial charge >= 0.3 is 6.09 Å². The second-order valence-corrected chi connectivity index (χ2v) is 5.73. The number of methoxy groups -OCH3 is 1. The maximum absolute atomic E-state index is 11.7. The number of amides is 1. The lowest BCUT2D eigenvalue weighted by molar-refractivity contribution is 0.0636. The molecule has 18 heavy (non-hydrogen) atoms. The van der Waals surface area contributed by atoms with Crippen molar-refractivity contribution in [1.82, 2.24) is 0 Å². The van der Waals surface area contributed by atoms with Gasteiger partial charge in [-0.1, -0.05) is 6.07 Å². The molecule has 0 aromatic heterocycles. The van der Waals surface area contributed by atoms with Gasteiger partial charge in [0.15, 0.2) is 0 Å². The first kappa shape index (κ1) is 15.0. The molecule has 4 nitrogen and oxygen atoms in total. The molecule has 100 valence electrons. The number of ether oxygens (including phenoxy) is 2. The molecule has 5 heteroatoms. The maximum atomic E-state index is 11.7. The quantitative estimate of drug-likeness (QED) is 0.919. The third-order valence-electron chi connectivity index (χ3n) is 1.98. The summed E-state index contributed by atoms with van der Waals surface area (Å²) >= 11 is 3.38. The van der Waals surface area contributed by atoms with Crippen LogP contribution in [0.3, 0.4) is 0 Å². The Morgan fingerprint density at radius 3 is 2.61 bits per heavy atom. The van der Waals surface area contributed by atoms with E-state index in [1.807, 2.05) is 39.0 Å². The van der Waals surface area contributed by atoms with Crippen LogP contribution in [-0.2, 0) is 16.1 Å². The fraction of sp³-hybridized carbons (Fsp3) is 0.462. The molecule has 0 bridgehead atoms. The molecule has 0 saturated heterocycles. The molecule has 0 unspecified atom stereocenters. The fourth-order valence-corrected chi connectivity index (χ4v) is 1.68.